The number of aliphatic hydroxyl groups is 1. The normalized spacial score (nSPS) is 19.3. The summed E-state index contributed by atoms with van der Waals surface area (Å²) in [6.07, 6.45) is 6.25. The molecule has 0 spiro atoms. The Morgan fingerprint density at radius 1 is 1.12 bits per heavy atom. The number of benzene rings is 1. The zero-order valence-corrected chi connectivity index (χ0v) is 9.64. The van der Waals surface area contributed by atoms with Gasteiger partial charge in [-0.3, -0.25) is 0 Å². The molecule has 0 saturated heterocycles. The highest BCUT2D eigenvalue weighted by molar-refractivity contribution is 5.21. The molecule has 0 aliphatic heterocycles. The first-order valence-electron chi connectivity index (χ1n) is 6.22. The topological polar surface area (TPSA) is 29.5 Å². The Kier molecular flexibility index (Phi) is 4.23. The lowest BCUT2D eigenvalue weighted by Gasteiger charge is -2.29. The summed E-state index contributed by atoms with van der Waals surface area (Å²) < 4.78 is 5.85. The van der Waals surface area contributed by atoms with Crippen LogP contribution in [0.15, 0.2) is 30.3 Å². The molecule has 0 heterocycles. The van der Waals surface area contributed by atoms with Gasteiger partial charge in [-0.2, -0.15) is 0 Å². The number of aliphatic hydroxyl groups excluding tert-OH is 1. The van der Waals surface area contributed by atoms with Crippen LogP contribution in [-0.4, -0.2) is 17.8 Å². The van der Waals surface area contributed by atoms with Gasteiger partial charge in [0.15, 0.2) is 0 Å². The van der Waals surface area contributed by atoms with Crippen molar-refractivity contribution in [3.05, 3.63) is 30.3 Å². The van der Waals surface area contributed by atoms with Crippen molar-refractivity contribution in [2.24, 2.45) is 5.92 Å². The molecule has 1 N–H and O–H groups in total. The average Bonchev–Trinajstić information content (AvgIpc) is 2.38. The van der Waals surface area contributed by atoms with E-state index in [1.807, 2.05) is 30.3 Å². The van der Waals surface area contributed by atoms with E-state index in [-0.39, 0.29) is 12.7 Å². The van der Waals surface area contributed by atoms with E-state index in [1.165, 1.54) is 32.1 Å². The Balaban J connectivity index is 1.94. The first kappa shape index (κ1) is 11.5. The fourth-order valence-corrected chi connectivity index (χ4v) is 2.46. The first-order valence-corrected chi connectivity index (χ1v) is 6.22. The Morgan fingerprint density at radius 3 is 2.44 bits per heavy atom. The third-order valence-corrected chi connectivity index (χ3v) is 3.39. The summed E-state index contributed by atoms with van der Waals surface area (Å²) in [5, 5.41) is 9.41. The zero-order valence-electron chi connectivity index (χ0n) is 9.64. The van der Waals surface area contributed by atoms with Crippen LogP contribution in [0.3, 0.4) is 0 Å². The fourth-order valence-electron chi connectivity index (χ4n) is 2.46. The molecule has 1 aromatic carbocycles. The molecule has 0 aromatic heterocycles. The molecular weight excluding hydrogens is 200 g/mol. The van der Waals surface area contributed by atoms with Crippen LogP contribution in [0.1, 0.15) is 32.1 Å². The van der Waals surface area contributed by atoms with E-state index < -0.39 is 0 Å². The van der Waals surface area contributed by atoms with Crippen LogP contribution in [0.4, 0.5) is 0 Å². The monoisotopic (exact) mass is 220 g/mol. The van der Waals surface area contributed by atoms with Crippen LogP contribution in [0, 0.1) is 5.92 Å². The number of hydrogen-bond acceptors (Lipinski definition) is 2. The first-order chi connectivity index (χ1) is 7.90. The van der Waals surface area contributed by atoms with Gasteiger partial charge in [0.1, 0.15) is 11.9 Å². The van der Waals surface area contributed by atoms with Gasteiger partial charge >= 0.3 is 0 Å². The summed E-state index contributed by atoms with van der Waals surface area (Å²) in [5.41, 5.74) is 0. The highest BCUT2D eigenvalue weighted by Gasteiger charge is 2.24. The molecule has 1 fully saturated rings. The van der Waals surface area contributed by atoms with E-state index >= 15 is 0 Å². The van der Waals surface area contributed by atoms with Crippen molar-refractivity contribution in [3.8, 4) is 5.75 Å². The fraction of sp³-hybridized carbons (Fsp3) is 0.571. The van der Waals surface area contributed by atoms with E-state index in [0.717, 1.165) is 5.75 Å². The van der Waals surface area contributed by atoms with Gasteiger partial charge in [0.05, 0.1) is 6.61 Å². The summed E-state index contributed by atoms with van der Waals surface area (Å²) in [4.78, 5) is 0. The third-order valence-electron chi connectivity index (χ3n) is 3.39. The Labute approximate surface area is 97.3 Å². The molecular formula is C14H20O2. The van der Waals surface area contributed by atoms with E-state index in [1.54, 1.807) is 0 Å². The maximum atomic E-state index is 9.41. The second-order valence-corrected chi connectivity index (χ2v) is 4.55. The van der Waals surface area contributed by atoms with Gasteiger partial charge in [0, 0.05) is 0 Å². The summed E-state index contributed by atoms with van der Waals surface area (Å²) in [7, 11) is 0. The molecule has 0 amide bonds. The molecule has 0 unspecified atom stereocenters. The van der Waals surface area contributed by atoms with Gasteiger partial charge in [-0.05, 0) is 30.9 Å². The second kappa shape index (κ2) is 5.90. The van der Waals surface area contributed by atoms with Crippen LogP contribution in [-0.2, 0) is 0 Å². The van der Waals surface area contributed by atoms with Gasteiger partial charge in [0.25, 0.3) is 0 Å². The molecule has 88 valence electrons. The van der Waals surface area contributed by atoms with E-state index in [4.69, 9.17) is 4.74 Å². The summed E-state index contributed by atoms with van der Waals surface area (Å²) in [6.45, 7) is 0.125. The van der Waals surface area contributed by atoms with Crippen molar-refractivity contribution < 1.29 is 9.84 Å². The molecule has 2 heteroatoms. The lowest BCUT2D eigenvalue weighted by atomic mass is 9.85. The zero-order chi connectivity index (χ0) is 11.2. The molecule has 1 atom stereocenters. The average molecular weight is 220 g/mol. The highest BCUT2D eigenvalue weighted by atomic mass is 16.5. The van der Waals surface area contributed by atoms with Crippen LogP contribution in [0.5, 0.6) is 5.75 Å². The SMILES string of the molecule is OC[C@H](Oc1ccccc1)C1CCCCC1. The molecule has 1 saturated carbocycles. The van der Waals surface area contributed by atoms with E-state index in [0.29, 0.717) is 5.92 Å². The predicted octanol–water partition coefficient (Wildman–Crippen LogP) is 3.01. The predicted molar refractivity (Wildman–Crippen MR) is 64.5 cm³/mol. The molecule has 16 heavy (non-hydrogen) atoms. The van der Waals surface area contributed by atoms with Gasteiger partial charge in [-0.15, -0.1) is 0 Å². The lowest BCUT2D eigenvalue weighted by molar-refractivity contribution is 0.0517. The van der Waals surface area contributed by atoms with Crippen molar-refractivity contribution in [2.75, 3.05) is 6.61 Å². The number of rotatable bonds is 4. The van der Waals surface area contributed by atoms with Crippen molar-refractivity contribution in [3.63, 3.8) is 0 Å². The second-order valence-electron chi connectivity index (χ2n) is 4.55. The lowest BCUT2D eigenvalue weighted by Crippen LogP contribution is -2.32. The van der Waals surface area contributed by atoms with Crippen LogP contribution >= 0.6 is 0 Å². The summed E-state index contributed by atoms with van der Waals surface area (Å²) in [5.74, 6) is 1.39. The van der Waals surface area contributed by atoms with Gasteiger partial charge in [-0.1, -0.05) is 37.5 Å². The highest BCUT2D eigenvalue weighted by Crippen LogP contribution is 2.28. The quantitative estimate of drug-likeness (QED) is 0.845. The molecule has 0 radical (unpaired) electrons. The van der Waals surface area contributed by atoms with Crippen molar-refractivity contribution in [2.45, 2.75) is 38.2 Å². The van der Waals surface area contributed by atoms with Crippen molar-refractivity contribution in [1.82, 2.24) is 0 Å². The number of ether oxygens (including phenoxy) is 1. The van der Waals surface area contributed by atoms with Crippen LogP contribution in [0.2, 0.25) is 0 Å². The molecule has 1 aromatic rings. The smallest absolute Gasteiger partial charge is 0.124 e. The third kappa shape index (κ3) is 2.99. The minimum absolute atomic E-state index is 0.0253. The van der Waals surface area contributed by atoms with Crippen molar-refractivity contribution in [1.29, 1.82) is 0 Å². The summed E-state index contributed by atoms with van der Waals surface area (Å²) in [6, 6.07) is 9.80. The number of para-hydroxylation sites is 1. The minimum atomic E-state index is -0.0253. The Bertz CT molecular complexity index is 291. The largest absolute Gasteiger partial charge is 0.488 e. The van der Waals surface area contributed by atoms with Crippen LogP contribution < -0.4 is 4.74 Å². The number of hydrogen-bond donors (Lipinski definition) is 1. The van der Waals surface area contributed by atoms with Crippen molar-refractivity contribution >= 4 is 0 Å². The van der Waals surface area contributed by atoms with E-state index in [9.17, 15) is 5.11 Å². The Morgan fingerprint density at radius 2 is 1.81 bits per heavy atom. The van der Waals surface area contributed by atoms with Gasteiger partial charge < -0.3 is 9.84 Å². The molecule has 0 bridgehead atoms. The molecule has 1 aliphatic carbocycles. The Hall–Kier alpha value is -1.02. The molecule has 2 nitrogen and oxygen atoms in total. The maximum Gasteiger partial charge on any atom is 0.124 e. The molecule has 2 rings (SSSR count). The van der Waals surface area contributed by atoms with E-state index in [2.05, 4.69) is 0 Å². The maximum absolute atomic E-state index is 9.41. The van der Waals surface area contributed by atoms with Crippen LogP contribution in [0.25, 0.3) is 0 Å². The van der Waals surface area contributed by atoms with Gasteiger partial charge in [0.2, 0.25) is 0 Å². The standard InChI is InChI=1S/C14H20O2/c15-11-14(12-7-3-1-4-8-12)16-13-9-5-2-6-10-13/h2,5-6,9-10,12,14-15H,1,3-4,7-8,11H2/t14-/m0/s1. The molecule has 1 aliphatic rings. The minimum Gasteiger partial charge on any atom is -0.488 e. The van der Waals surface area contributed by atoms with Gasteiger partial charge in [-0.25, -0.2) is 0 Å². The summed E-state index contributed by atoms with van der Waals surface area (Å²) >= 11 is 0.